The Morgan fingerprint density at radius 2 is 0.800 bits per heavy atom. The lowest BCUT2D eigenvalue weighted by atomic mass is 9.31. The Morgan fingerprint density at radius 1 is 0.333 bits per heavy atom. The van der Waals surface area contributed by atoms with Crippen LogP contribution < -0.4 is 0 Å². The van der Waals surface area contributed by atoms with E-state index in [0.717, 1.165) is 59.2 Å². The maximum Gasteiger partial charge on any atom is -0.0235 e. The summed E-state index contributed by atoms with van der Waals surface area (Å²) in [6.45, 7) is 43.0. The topological polar surface area (TPSA) is 0 Å². The maximum atomic E-state index is 2.81. The summed E-state index contributed by atoms with van der Waals surface area (Å²) in [5.41, 5.74) is 6.42. The predicted octanol–water partition coefficient (Wildman–Crippen LogP) is 18.4. The molecule has 18 unspecified atom stereocenters. The predicted molar refractivity (Wildman–Crippen MR) is 259 cm³/mol. The van der Waals surface area contributed by atoms with Gasteiger partial charge in [0.1, 0.15) is 0 Å². The fourth-order valence-electron chi connectivity index (χ4n) is 23.2. The molecule has 0 heteroatoms. The SMILES string of the molecule is CC1(C)CCC2(C)CCC3(C)C(CCC4C5(C)CCCC(C)(C)C5CCC43C)C2C1.CC1CCC2(C)CCC3(C)C(CCC4C5(C)CCCC(C)(C)C5CCC43C)C2C1C. The van der Waals surface area contributed by atoms with Crippen molar-refractivity contribution in [2.24, 2.45) is 119 Å². The molecule has 0 spiro atoms. The van der Waals surface area contributed by atoms with Crippen LogP contribution in [-0.2, 0) is 0 Å². The summed E-state index contributed by atoms with van der Waals surface area (Å²) < 4.78 is 0. The van der Waals surface area contributed by atoms with E-state index in [1.807, 2.05) is 0 Å². The summed E-state index contributed by atoms with van der Waals surface area (Å²) in [5.74, 6) is 9.62. The maximum absolute atomic E-state index is 2.81. The van der Waals surface area contributed by atoms with Gasteiger partial charge >= 0.3 is 0 Å². The van der Waals surface area contributed by atoms with Gasteiger partial charge in [0.2, 0.25) is 0 Å². The van der Waals surface area contributed by atoms with Gasteiger partial charge in [-0.25, -0.2) is 0 Å². The first-order valence-corrected chi connectivity index (χ1v) is 27.7. The normalized spacial score (nSPS) is 58.4. The van der Waals surface area contributed by atoms with Crippen molar-refractivity contribution in [3.05, 3.63) is 0 Å². The molecule has 10 fully saturated rings. The third kappa shape index (κ3) is 6.08. The van der Waals surface area contributed by atoms with Crippen molar-refractivity contribution in [2.75, 3.05) is 0 Å². The van der Waals surface area contributed by atoms with E-state index in [0.29, 0.717) is 59.6 Å². The summed E-state index contributed by atoms with van der Waals surface area (Å²) in [6, 6.07) is 0. The first-order chi connectivity index (χ1) is 27.7. The van der Waals surface area contributed by atoms with Crippen LogP contribution in [0, 0.1) is 119 Å². The second-order valence-electron chi connectivity index (χ2n) is 30.7. The van der Waals surface area contributed by atoms with Crippen LogP contribution in [0.4, 0.5) is 0 Å². The van der Waals surface area contributed by atoms with Gasteiger partial charge in [-0.15, -0.1) is 0 Å². The zero-order chi connectivity index (χ0) is 43.5. The number of rotatable bonds is 0. The molecule has 18 atom stereocenters. The molecule has 0 N–H and O–H groups in total. The van der Waals surface area contributed by atoms with Gasteiger partial charge in [0.25, 0.3) is 0 Å². The standard InChI is InChI=1S/2C30H52/c1-20-12-16-27(5)18-19-29(7)22(25(27)21(20)2)10-11-24-28(6)15-9-14-26(3,4)23(28)13-17-30(24,29)8;1-25(2)16-17-27(5)18-19-29(7)21(22(27)20-25)10-11-24-28(6)14-9-13-26(3,4)23(28)12-15-30(24,29)8/h20-25H,9-19H2,1-8H3;21-24H,9-20H2,1-8H3. The lowest BCUT2D eigenvalue weighted by Crippen LogP contribution is -2.66. The second kappa shape index (κ2) is 14.0. The molecule has 0 bridgehead atoms. The molecule has 0 amide bonds. The fourth-order valence-corrected chi connectivity index (χ4v) is 23.2. The lowest BCUT2D eigenvalue weighted by molar-refractivity contribution is -0.247. The molecule has 10 aliphatic carbocycles. The Bertz CT molecular complexity index is 1630. The van der Waals surface area contributed by atoms with Crippen LogP contribution in [0.1, 0.15) is 258 Å². The average molecular weight is 825 g/mol. The molecule has 0 nitrogen and oxygen atoms in total. The quantitative estimate of drug-likeness (QED) is 0.228. The van der Waals surface area contributed by atoms with E-state index < -0.39 is 0 Å². The van der Waals surface area contributed by atoms with Crippen molar-refractivity contribution >= 4 is 0 Å². The molecular formula is C60H104. The van der Waals surface area contributed by atoms with Gasteiger partial charge < -0.3 is 0 Å². The van der Waals surface area contributed by atoms with E-state index in [1.165, 1.54) is 148 Å². The third-order valence-corrected chi connectivity index (χ3v) is 27.2. The van der Waals surface area contributed by atoms with E-state index >= 15 is 0 Å². The van der Waals surface area contributed by atoms with Gasteiger partial charge in [0.05, 0.1) is 0 Å². The Hall–Kier alpha value is 0. The van der Waals surface area contributed by atoms with Crippen molar-refractivity contribution < 1.29 is 0 Å². The van der Waals surface area contributed by atoms with Gasteiger partial charge in [-0.2, -0.15) is 0 Å². The number of hydrogen-bond donors (Lipinski definition) is 0. The highest BCUT2D eigenvalue weighted by molar-refractivity contribution is 5.20. The molecule has 344 valence electrons. The van der Waals surface area contributed by atoms with Crippen LogP contribution in [0.3, 0.4) is 0 Å². The summed E-state index contributed by atoms with van der Waals surface area (Å²) in [6.07, 6.45) is 34.6. The van der Waals surface area contributed by atoms with Crippen molar-refractivity contribution in [1.82, 2.24) is 0 Å². The molecule has 0 aromatic heterocycles. The highest BCUT2D eigenvalue weighted by atomic mass is 14.8. The van der Waals surface area contributed by atoms with Gasteiger partial charge in [-0.1, -0.05) is 124 Å². The van der Waals surface area contributed by atoms with E-state index in [1.54, 1.807) is 0 Å². The number of hydrogen-bond acceptors (Lipinski definition) is 0. The van der Waals surface area contributed by atoms with Crippen LogP contribution >= 0.6 is 0 Å². The van der Waals surface area contributed by atoms with Crippen LogP contribution in [0.5, 0.6) is 0 Å². The van der Waals surface area contributed by atoms with Gasteiger partial charge in [-0.3, -0.25) is 0 Å². The molecular weight excluding hydrogens is 721 g/mol. The Kier molecular flexibility index (Phi) is 10.6. The highest BCUT2D eigenvalue weighted by Gasteiger charge is 2.71. The molecule has 10 rings (SSSR count). The minimum absolute atomic E-state index is 0.560. The van der Waals surface area contributed by atoms with Crippen molar-refractivity contribution in [2.45, 2.75) is 258 Å². The summed E-state index contributed by atoms with van der Waals surface area (Å²) in [5, 5.41) is 0. The lowest BCUT2D eigenvalue weighted by Gasteiger charge is -2.73. The largest absolute Gasteiger partial charge is 0.0622 e. The van der Waals surface area contributed by atoms with Crippen LogP contribution in [0.2, 0.25) is 0 Å². The summed E-state index contributed by atoms with van der Waals surface area (Å²) in [4.78, 5) is 0. The van der Waals surface area contributed by atoms with E-state index in [-0.39, 0.29) is 0 Å². The van der Waals surface area contributed by atoms with E-state index in [2.05, 4.69) is 111 Å². The molecule has 0 saturated heterocycles. The Balaban J connectivity index is 0.000000154. The molecule has 60 heavy (non-hydrogen) atoms. The minimum Gasteiger partial charge on any atom is -0.0622 e. The van der Waals surface area contributed by atoms with Crippen molar-refractivity contribution in [3.8, 4) is 0 Å². The first-order valence-electron chi connectivity index (χ1n) is 27.7. The smallest absolute Gasteiger partial charge is 0.0235 e. The van der Waals surface area contributed by atoms with Gasteiger partial charge in [0.15, 0.2) is 0 Å². The molecule has 0 aromatic rings. The second-order valence-corrected chi connectivity index (χ2v) is 30.7. The molecule has 10 saturated carbocycles. The third-order valence-electron chi connectivity index (χ3n) is 27.2. The minimum atomic E-state index is 0.560. The molecule has 10 aliphatic rings. The highest BCUT2D eigenvalue weighted by Crippen LogP contribution is 2.79. The zero-order valence-electron chi connectivity index (χ0n) is 43.5. The van der Waals surface area contributed by atoms with Crippen molar-refractivity contribution in [1.29, 1.82) is 0 Å². The van der Waals surface area contributed by atoms with Gasteiger partial charge in [-0.05, 0) is 254 Å². The van der Waals surface area contributed by atoms with Gasteiger partial charge in [0, 0.05) is 0 Å². The monoisotopic (exact) mass is 825 g/mol. The van der Waals surface area contributed by atoms with Crippen molar-refractivity contribution in [3.63, 3.8) is 0 Å². The fraction of sp³-hybridized carbons (Fsp3) is 1.00. The Morgan fingerprint density at radius 3 is 1.33 bits per heavy atom. The Labute approximate surface area is 375 Å². The van der Waals surface area contributed by atoms with E-state index in [4.69, 9.17) is 0 Å². The first kappa shape index (κ1) is 45.2. The molecule has 0 aromatic carbocycles. The average Bonchev–Trinajstić information content (AvgIpc) is 3.14. The molecule has 0 radical (unpaired) electrons. The van der Waals surface area contributed by atoms with Crippen LogP contribution in [0.15, 0.2) is 0 Å². The van der Waals surface area contributed by atoms with Crippen LogP contribution in [0.25, 0.3) is 0 Å². The molecule has 0 heterocycles. The molecule has 0 aliphatic heterocycles. The zero-order valence-corrected chi connectivity index (χ0v) is 43.5. The summed E-state index contributed by atoms with van der Waals surface area (Å²) >= 11 is 0. The summed E-state index contributed by atoms with van der Waals surface area (Å²) in [7, 11) is 0. The number of fused-ring (bicyclic) bond motifs is 14. The van der Waals surface area contributed by atoms with Crippen LogP contribution in [-0.4, -0.2) is 0 Å². The van der Waals surface area contributed by atoms with E-state index in [9.17, 15) is 0 Å².